The molecule has 0 amide bonds. The van der Waals surface area contributed by atoms with E-state index in [1.165, 1.54) is 66.5 Å². The van der Waals surface area contributed by atoms with Crippen LogP contribution in [0.2, 0.25) is 0 Å². The Morgan fingerprint density at radius 2 is 1.09 bits per heavy atom. The summed E-state index contributed by atoms with van der Waals surface area (Å²) in [7, 11) is 0. The summed E-state index contributed by atoms with van der Waals surface area (Å²) >= 11 is 0. The summed E-state index contributed by atoms with van der Waals surface area (Å²) in [6.45, 7) is 18.4. The van der Waals surface area contributed by atoms with Gasteiger partial charge in [0.25, 0.3) is 0 Å². The van der Waals surface area contributed by atoms with Crippen molar-refractivity contribution in [2.75, 3.05) is 10.2 Å². The molecular formula is C52H80N6. The normalized spacial score (nSPS) is 19.6. The summed E-state index contributed by atoms with van der Waals surface area (Å²) < 4.78 is 2.19. The van der Waals surface area contributed by atoms with Gasteiger partial charge in [-0.3, -0.25) is 9.78 Å². The number of anilines is 2. The van der Waals surface area contributed by atoms with Crippen LogP contribution in [0.1, 0.15) is 156 Å². The van der Waals surface area contributed by atoms with Gasteiger partial charge in [0, 0.05) is 57.4 Å². The molecule has 2 aliphatic carbocycles. The highest BCUT2D eigenvalue weighted by atomic mass is 15.4. The first kappa shape index (κ1) is 41.1. The molecule has 0 bridgehead atoms. The van der Waals surface area contributed by atoms with E-state index in [9.17, 15) is 0 Å². The van der Waals surface area contributed by atoms with Crippen LogP contribution in [-0.4, -0.2) is 38.1 Å². The zero-order valence-electron chi connectivity index (χ0n) is 36.2. The van der Waals surface area contributed by atoms with Crippen LogP contribution < -0.4 is 10.2 Å². The summed E-state index contributed by atoms with van der Waals surface area (Å²) in [6, 6.07) is 40.9. The van der Waals surface area contributed by atoms with E-state index in [0.717, 1.165) is 23.5 Å². The monoisotopic (exact) mass is 789 g/mol. The van der Waals surface area contributed by atoms with Crippen molar-refractivity contribution in [3.8, 4) is 22.5 Å². The molecule has 9 rings (SSSR count). The number of piperidine rings is 1. The van der Waals surface area contributed by atoms with Gasteiger partial charge in [-0.15, -0.1) is 0 Å². The Labute approximate surface area is 358 Å². The topological polar surface area (TPSA) is 61.5 Å². The third kappa shape index (κ3) is 9.27. The number of hydrogen-bond acceptors (Lipinski definition) is 4. The van der Waals surface area contributed by atoms with Gasteiger partial charge in [0.15, 0.2) is 0 Å². The van der Waals surface area contributed by atoms with Gasteiger partial charge in [-0.25, -0.2) is 0 Å². The van der Waals surface area contributed by atoms with Crippen LogP contribution >= 0.6 is 0 Å². The summed E-state index contributed by atoms with van der Waals surface area (Å²) in [5.74, 6) is 2.26. The lowest BCUT2D eigenvalue weighted by atomic mass is 9.92. The standard InChI is InChI=1S/C26H33N3.C17H25N.C9H8N2.7H2/c1-18(2)21-12-8-13-22(19(3)4)26(21)27-24-14-9-15-25(24)29-17-16-23(28-29)20-10-6-5-7-11-20;1-11(2)13-7-5-8-14(12(3)4)17(13)18-15-9-6-10-16(15)18;1-2-4-8(5-3-1)9-6-7-10-11-9;;;;;;;/h5-8,10-13,16-19,24-25,27H,9,14-15H2,1-4H3;5,7-8,11-12,15-16H,6,9-10H2,1-4H3;1-7H,(H,10,11);7*1H/t24-,25-;;;;;;;;;/m0........./s1. The maximum Gasteiger partial charge on any atom is 0.0923 e. The number of para-hydroxylation sites is 2. The van der Waals surface area contributed by atoms with Crippen LogP contribution in [0.3, 0.4) is 0 Å². The summed E-state index contributed by atoms with van der Waals surface area (Å²) in [6.07, 6.45) is 11.8. The second kappa shape index (κ2) is 18.7. The first-order chi connectivity index (χ1) is 28.1. The first-order valence-corrected chi connectivity index (χ1v) is 22.1. The number of rotatable bonds is 10. The van der Waals surface area contributed by atoms with Crippen molar-refractivity contribution in [3.63, 3.8) is 0 Å². The van der Waals surface area contributed by atoms with Crippen LogP contribution in [0.25, 0.3) is 22.5 Å². The highest BCUT2D eigenvalue weighted by Crippen LogP contribution is 2.50. The lowest BCUT2D eigenvalue weighted by Crippen LogP contribution is -2.28. The Balaban J connectivity index is 0.000000983. The molecule has 2 saturated carbocycles. The fourth-order valence-electron chi connectivity index (χ4n) is 9.32. The molecule has 3 heterocycles. The molecule has 4 aromatic carbocycles. The van der Waals surface area contributed by atoms with E-state index < -0.39 is 0 Å². The lowest BCUT2D eigenvalue weighted by Gasteiger charge is -2.27. The van der Waals surface area contributed by atoms with Gasteiger partial charge >= 0.3 is 0 Å². The number of aromatic amines is 1. The zero-order chi connectivity index (χ0) is 40.8. The minimum atomic E-state index is 0. The largest absolute Gasteiger partial charge is 0.380 e. The predicted molar refractivity (Wildman–Crippen MR) is 260 cm³/mol. The summed E-state index contributed by atoms with van der Waals surface area (Å²) in [5, 5.41) is 15.7. The minimum Gasteiger partial charge on any atom is -0.380 e. The molecule has 318 valence electrons. The molecule has 3 fully saturated rings. The Bertz CT molecular complexity index is 2130. The molecule has 0 spiro atoms. The summed E-state index contributed by atoms with van der Waals surface area (Å²) in [4.78, 5) is 2.72. The van der Waals surface area contributed by atoms with E-state index in [4.69, 9.17) is 5.10 Å². The van der Waals surface area contributed by atoms with Crippen molar-refractivity contribution in [2.24, 2.45) is 0 Å². The Morgan fingerprint density at radius 3 is 1.62 bits per heavy atom. The van der Waals surface area contributed by atoms with Gasteiger partial charge in [-0.05, 0) is 102 Å². The van der Waals surface area contributed by atoms with Gasteiger partial charge < -0.3 is 10.2 Å². The van der Waals surface area contributed by atoms with Gasteiger partial charge in [-0.1, -0.05) is 152 Å². The van der Waals surface area contributed by atoms with E-state index in [1.807, 2.05) is 36.4 Å². The quantitative estimate of drug-likeness (QED) is 0.136. The van der Waals surface area contributed by atoms with E-state index in [2.05, 4.69) is 159 Å². The van der Waals surface area contributed by atoms with Crippen LogP contribution in [0.4, 0.5) is 11.4 Å². The fraction of sp³-hybridized carbons (Fsp3) is 0.423. The number of nitrogens with zero attached hydrogens (tertiary/aromatic N) is 4. The second-order valence-corrected chi connectivity index (χ2v) is 17.8. The van der Waals surface area contributed by atoms with Crippen LogP contribution in [-0.2, 0) is 0 Å². The van der Waals surface area contributed by atoms with Crippen LogP contribution in [0, 0.1) is 0 Å². The van der Waals surface area contributed by atoms with E-state index in [1.54, 1.807) is 23.0 Å². The number of hydrogen-bond donors (Lipinski definition) is 2. The number of nitrogens with one attached hydrogen (secondary N) is 2. The molecule has 4 atom stereocenters. The number of aromatic nitrogens is 4. The van der Waals surface area contributed by atoms with Crippen LogP contribution in [0.15, 0.2) is 122 Å². The van der Waals surface area contributed by atoms with Crippen molar-refractivity contribution in [1.29, 1.82) is 0 Å². The lowest BCUT2D eigenvalue weighted by molar-refractivity contribution is 0.438. The third-order valence-electron chi connectivity index (χ3n) is 12.5. The van der Waals surface area contributed by atoms with Crippen molar-refractivity contribution in [2.45, 2.75) is 142 Å². The van der Waals surface area contributed by atoms with Gasteiger partial charge in [0.2, 0.25) is 0 Å². The van der Waals surface area contributed by atoms with E-state index >= 15 is 0 Å². The average molecular weight is 789 g/mol. The maximum absolute atomic E-state index is 4.95. The predicted octanol–water partition coefficient (Wildman–Crippen LogP) is 15.5. The molecule has 6 heteroatoms. The molecule has 2 aromatic heterocycles. The summed E-state index contributed by atoms with van der Waals surface area (Å²) in [5.41, 5.74) is 13.4. The number of benzene rings is 4. The average Bonchev–Trinajstić information content (AvgIpc) is 3.92. The van der Waals surface area contributed by atoms with Gasteiger partial charge in [-0.2, -0.15) is 10.2 Å². The van der Waals surface area contributed by atoms with E-state index in [0.29, 0.717) is 35.8 Å². The number of H-pyrrole nitrogens is 1. The van der Waals surface area contributed by atoms with Gasteiger partial charge in [0.05, 0.1) is 17.4 Å². The minimum absolute atomic E-state index is 0. The SMILES string of the molecule is CC(C)c1cccc(C(C)C)c1N1C2CCCC21.CC(C)c1cccc(C(C)C)c1N[C@H]1CCC[C@@H]1n1ccc(-c2ccccc2)n1.[HH].[HH].[HH].[HH].[HH].[HH].[HH].c1ccc(-c2ccn[nH]2)cc1. The molecule has 6 nitrogen and oxygen atoms in total. The molecule has 1 aliphatic heterocycles. The Kier molecular flexibility index (Phi) is 13.2. The first-order valence-electron chi connectivity index (χ1n) is 22.1. The van der Waals surface area contributed by atoms with Crippen molar-refractivity contribution in [1.82, 2.24) is 20.0 Å². The molecule has 2 N–H and O–H groups in total. The molecule has 2 unspecified atom stereocenters. The molecule has 3 aliphatic rings. The van der Waals surface area contributed by atoms with Crippen molar-refractivity contribution < 1.29 is 9.99 Å². The zero-order valence-corrected chi connectivity index (χ0v) is 36.2. The molecular weight excluding hydrogens is 709 g/mol. The molecule has 6 aromatic rings. The van der Waals surface area contributed by atoms with Crippen molar-refractivity contribution >= 4 is 11.4 Å². The third-order valence-corrected chi connectivity index (χ3v) is 12.5. The van der Waals surface area contributed by atoms with Crippen molar-refractivity contribution in [3.05, 3.63) is 144 Å². The second-order valence-electron chi connectivity index (χ2n) is 17.8. The molecule has 0 radical (unpaired) electrons. The highest BCUT2D eigenvalue weighted by molar-refractivity contribution is 5.69. The molecule has 1 saturated heterocycles. The maximum atomic E-state index is 4.95. The fourth-order valence-corrected chi connectivity index (χ4v) is 9.32. The van der Waals surface area contributed by atoms with E-state index in [-0.39, 0.29) is 9.99 Å². The smallest absolute Gasteiger partial charge is 0.0923 e. The van der Waals surface area contributed by atoms with Gasteiger partial charge in [0.1, 0.15) is 0 Å². The Morgan fingerprint density at radius 1 is 0.569 bits per heavy atom. The Hall–Kier alpha value is -5.10. The molecule has 58 heavy (non-hydrogen) atoms. The van der Waals surface area contributed by atoms with Crippen LogP contribution in [0.5, 0.6) is 0 Å². The highest BCUT2D eigenvalue weighted by Gasteiger charge is 2.51. The number of fused-ring (bicyclic) bond motifs is 1.